The fourth-order valence-electron chi connectivity index (χ4n) is 1.64. The van der Waals surface area contributed by atoms with Crippen LogP contribution in [0.15, 0.2) is 28.7 Å². The molecule has 1 aromatic heterocycles. The minimum absolute atomic E-state index is 0.248. The lowest BCUT2D eigenvalue weighted by Crippen LogP contribution is -2.15. The zero-order chi connectivity index (χ0) is 13.7. The van der Waals surface area contributed by atoms with E-state index >= 15 is 0 Å². The van der Waals surface area contributed by atoms with Crippen LogP contribution in [-0.2, 0) is 5.75 Å². The lowest BCUT2D eigenvalue weighted by Gasteiger charge is -2.02. The van der Waals surface area contributed by atoms with Crippen molar-refractivity contribution in [2.24, 2.45) is 5.73 Å². The van der Waals surface area contributed by atoms with Crippen molar-refractivity contribution >= 4 is 11.8 Å². The molecule has 1 aromatic carbocycles. The molecule has 0 aliphatic rings. The Morgan fingerprint density at radius 3 is 2.95 bits per heavy atom. The molecule has 0 radical (unpaired) electrons. The largest absolute Gasteiger partial charge is 0.420 e. The number of aryl methyl sites for hydroxylation is 1. The molecule has 0 amide bonds. The van der Waals surface area contributed by atoms with Crippen molar-refractivity contribution in [3.63, 3.8) is 0 Å². The molecular formula is C14H19N3OS. The highest BCUT2D eigenvalue weighted by molar-refractivity contribution is 7.98. The van der Waals surface area contributed by atoms with Crippen LogP contribution < -0.4 is 5.73 Å². The van der Waals surface area contributed by atoms with Gasteiger partial charge in [-0.05, 0) is 38.2 Å². The van der Waals surface area contributed by atoms with Crippen LogP contribution in [-0.4, -0.2) is 22.0 Å². The number of benzene rings is 1. The normalized spacial score (nSPS) is 12.6. The highest BCUT2D eigenvalue weighted by atomic mass is 32.2. The Balaban J connectivity index is 1.92. The quantitative estimate of drug-likeness (QED) is 0.822. The van der Waals surface area contributed by atoms with Crippen LogP contribution in [0.25, 0.3) is 11.5 Å². The molecule has 0 saturated heterocycles. The molecule has 0 saturated carbocycles. The third-order valence-corrected chi connectivity index (χ3v) is 3.65. The van der Waals surface area contributed by atoms with Gasteiger partial charge in [-0.3, -0.25) is 0 Å². The fourth-order valence-corrected chi connectivity index (χ4v) is 2.61. The van der Waals surface area contributed by atoms with Gasteiger partial charge < -0.3 is 10.2 Å². The van der Waals surface area contributed by atoms with Gasteiger partial charge in [0.05, 0.1) is 5.75 Å². The summed E-state index contributed by atoms with van der Waals surface area (Å²) in [5, 5.41) is 8.16. The number of nitrogens with two attached hydrogens (primary N) is 1. The molecule has 5 heteroatoms. The van der Waals surface area contributed by atoms with Gasteiger partial charge in [-0.1, -0.05) is 17.7 Å². The first kappa shape index (κ1) is 14.1. The van der Waals surface area contributed by atoms with Gasteiger partial charge in [-0.2, -0.15) is 11.8 Å². The molecule has 4 nitrogen and oxygen atoms in total. The van der Waals surface area contributed by atoms with Crippen LogP contribution in [0.4, 0.5) is 0 Å². The van der Waals surface area contributed by atoms with Crippen LogP contribution in [0.3, 0.4) is 0 Å². The molecule has 0 spiro atoms. The predicted octanol–water partition coefficient (Wildman–Crippen LogP) is 3.02. The van der Waals surface area contributed by atoms with Gasteiger partial charge in [0.1, 0.15) is 0 Å². The third kappa shape index (κ3) is 4.36. The maximum Gasteiger partial charge on any atom is 0.247 e. The van der Waals surface area contributed by atoms with Crippen molar-refractivity contribution < 1.29 is 4.42 Å². The third-order valence-electron chi connectivity index (χ3n) is 2.67. The predicted molar refractivity (Wildman–Crippen MR) is 78.9 cm³/mol. The van der Waals surface area contributed by atoms with Crippen LogP contribution >= 0.6 is 11.8 Å². The summed E-state index contributed by atoms with van der Waals surface area (Å²) in [6.45, 7) is 4.06. The average molecular weight is 277 g/mol. The molecule has 0 bridgehead atoms. The zero-order valence-corrected chi connectivity index (χ0v) is 12.1. The second kappa shape index (κ2) is 6.73. The van der Waals surface area contributed by atoms with Crippen LogP contribution in [0.5, 0.6) is 0 Å². The monoisotopic (exact) mass is 277 g/mol. The van der Waals surface area contributed by atoms with Crippen molar-refractivity contribution in [1.29, 1.82) is 0 Å². The van der Waals surface area contributed by atoms with Crippen molar-refractivity contribution in [2.45, 2.75) is 32.1 Å². The van der Waals surface area contributed by atoms with Gasteiger partial charge >= 0.3 is 0 Å². The summed E-state index contributed by atoms with van der Waals surface area (Å²) in [4.78, 5) is 0. The molecule has 0 fully saturated rings. The molecular weight excluding hydrogens is 258 g/mol. The van der Waals surface area contributed by atoms with E-state index in [0.29, 0.717) is 11.8 Å². The zero-order valence-electron chi connectivity index (χ0n) is 11.3. The van der Waals surface area contributed by atoms with Gasteiger partial charge in [-0.15, -0.1) is 10.2 Å². The molecule has 19 heavy (non-hydrogen) atoms. The lowest BCUT2D eigenvalue weighted by molar-refractivity contribution is 0.528. The maximum atomic E-state index is 5.70. The molecule has 2 N–H and O–H groups in total. The Morgan fingerprint density at radius 1 is 1.37 bits per heavy atom. The van der Waals surface area contributed by atoms with Gasteiger partial charge in [-0.25, -0.2) is 0 Å². The Hall–Kier alpha value is -1.33. The summed E-state index contributed by atoms with van der Waals surface area (Å²) in [5.74, 6) is 3.02. The van der Waals surface area contributed by atoms with E-state index < -0.39 is 0 Å². The number of rotatable bonds is 6. The standard InChI is InChI=1S/C14H19N3OS/c1-10-4-3-5-12(8-10)14-17-16-13(18-14)9-19-7-6-11(2)15/h3-5,8,11H,6-7,9,15H2,1-2H3. The minimum atomic E-state index is 0.248. The van der Waals surface area contributed by atoms with E-state index in [4.69, 9.17) is 10.2 Å². The lowest BCUT2D eigenvalue weighted by atomic mass is 10.1. The van der Waals surface area contributed by atoms with E-state index in [1.807, 2.05) is 38.1 Å². The number of hydrogen-bond acceptors (Lipinski definition) is 5. The number of nitrogens with zero attached hydrogens (tertiary/aromatic N) is 2. The maximum absolute atomic E-state index is 5.70. The topological polar surface area (TPSA) is 64.9 Å². The fraction of sp³-hybridized carbons (Fsp3) is 0.429. The van der Waals surface area contributed by atoms with E-state index in [-0.39, 0.29) is 6.04 Å². The first-order chi connectivity index (χ1) is 9.15. The Morgan fingerprint density at radius 2 is 2.21 bits per heavy atom. The molecule has 102 valence electrons. The average Bonchev–Trinajstić information content (AvgIpc) is 2.83. The van der Waals surface area contributed by atoms with Crippen molar-refractivity contribution in [3.8, 4) is 11.5 Å². The molecule has 0 aliphatic carbocycles. The van der Waals surface area contributed by atoms with Crippen LogP contribution in [0.1, 0.15) is 24.8 Å². The smallest absolute Gasteiger partial charge is 0.247 e. The molecule has 1 heterocycles. The van der Waals surface area contributed by atoms with Crippen LogP contribution in [0, 0.1) is 6.92 Å². The Labute approximate surface area is 117 Å². The Bertz CT molecular complexity index is 525. The molecule has 1 unspecified atom stereocenters. The van der Waals surface area contributed by atoms with E-state index in [1.165, 1.54) is 5.56 Å². The second-order valence-corrected chi connectivity index (χ2v) is 5.79. The summed E-state index contributed by atoms with van der Waals surface area (Å²) in [5.41, 5.74) is 7.86. The van der Waals surface area contributed by atoms with E-state index in [9.17, 15) is 0 Å². The van der Waals surface area contributed by atoms with Gasteiger partial charge in [0, 0.05) is 11.6 Å². The molecule has 2 rings (SSSR count). The van der Waals surface area contributed by atoms with E-state index in [1.54, 1.807) is 11.8 Å². The summed E-state index contributed by atoms with van der Waals surface area (Å²) >= 11 is 1.77. The number of hydrogen-bond donors (Lipinski definition) is 1. The van der Waals surface area contributed by atoms with Gasteiger partial charge in [0.25, 0.3) is 0 Å². The second-order valence-electron chi connectivity index (χ2n) is 4.69. The van der Waals surface area contributed by atoms with E-state index in [2.05, 4.69) is 10.2 Å². The highest BCUT2D eigenvalue weighted by Gasteiger charge is 2.08. The van der Waals surface area contributed by atoms with Crippen molar-refractivity contribution in [2.75, 3.05) is 5.75 Å². The summed E-state index contributed by atoms with van der Waals surface area (Å²) < 4.78 is 5.66. The molecule has 0 aliphatic heterocycles. The number of thioether (sulfide) groups is 1. The highest BCUT2D eigenvalue weighted by Crippen LogP contribution is 2.21. The summed E-state index contributed by atoms with van der Waals surface area (Å²) in [6, 6.07) is 8.31. The van der Waals surface area contributed by atoms with Gasteiger partial charge in [0.15, 0.2) is 0 Å². The van der Waals surface area contributed by atoms with Crippen LogP contribution in [0.2, 0.25) is 0 Å². The van der Waals surface area contributed by atoms with E-state index in [0.717, 1.165) is 23.5 Å². The van der Waals surface area contributed by atoms with Crippen molar-refractivity contribution in [3.05, 3.63) is 35.7 Å². The van der Waals surface area contributed by atoms with Gasteiger partial charge in [0.2, 0.25) is 11.8 Å². The molecule has 2 aromatic rings. The SMILES string of the molecule is Cc1cccc(-c2nnc(CSCCC(C)N)o2)c1. The summed E-state index contributed by atoms with van der Waals surface area (Å²) in [7, 11) is 0. The molecule has 1 atom stereocenters. The minimum Gasteiger partial charge on any atom is -0.420 e. The summed E-state index contributed by atoms with van der Waals surface area (Å²) in [6.07, 6.45) is 1.00. The Kier molecular flexibility index (Phi) is 4.99. The van der Waals surface area contributed by atoms with Crippen molar-refractivity contribution in [1.82, 2.24) is 10.2 Å². The first-order valence-corrected chi connectivity index (χ1v) is 7.53. The first-order valence-electron chi connectivity index (χ1n) is 6.38. The number of aromatic nitrogens is 2.